The third kappa shape index (κ3) is 3.98. The molecule has 5 N–H and O–H groups in total. The molecule has 0 radical (unpaired) electrons. The van der Waals surface area contributed by atoms with Crippen LogP contribution >= 0.6 is 0 Å². The van der Waals surface area contributed by atoms with Crippen molar-refractivity contribution in [2.75, 3.05) is 12.3 Å². The first-order chi connectivity index (χ1) is 16.5. The second-order valence-corrected chi connectivity index (χ2v) is 8.13. The maximum absolute atomic E-state index is 13.3. The van der Waals surface area contributed by atoms with E-state index in [1.165, 1.54) is 17.2 Å². The Morgan fingerprint density at radius 2 is 1.65 bits per heavy atom. The van der Waals surface area contributed by atoms with Crippen molar-refractivity contribution in [2.24, 2.45) is 0 Å². The van der Waals surface area contributed by atoms with Crippen molar-refractivity contribution in [3.63, 3.8) is 0 Å². The van der Waals surface area contributed by atoms with Crippen molar-refractivity contribution in [3.05, 3.63) is 84.4 Å². The summed E-state index contributed by atoms with van der Waals surface area (Å²) in [6, 6.07) is 18.9. The van der Waals surface area contributed by atoms with Gasteiger partial charge in [0.05, 0.1) is 12.2 Å². The van der Waals surface area contributed by atoms with Gasteiger partial charge in [0.15, 0.2) is 17.7 Å². The van der Waals surface area contributed by atoms with Crippen LogP contribution in [0.4, 0.5) is 5.82 Å². The number of hydrogen-bond acceptors (Lipinski definition) is 8. The number of anilines is 1. The minimum atomic E-state index is -1.26. The molecule has 34 heavy (non-hydrogen) atoms. The molecule has 10 nitrogen and oxygen atoms in total. The maximum atomic E-state index is 13.3. The highest BCUT2D eigenvalue weighted by atomic mass is 16.6. The molecule has 0 bridgehead atoms. The minimum Gasteiger partial charge on any atom is -0.387 e. The number of aliphatic hydroxyl groups is 2. The second-order valence-electron chi connectivity index (χ2n) is 8.13. The van der Waals surface area contributed by atoms with Crippen LogP contribution in [-0.4, -0.2) is 60.5 Å². The molecule has 4 aromatic rings. The van der Waals surface area contributed by atoms with Crippen molar-refractivity contribution in [2.45, 2.75) is 30.5 Å². The molecule has 1 fully saturated rings. The predicted octanol–water partition coefficient (Wildman–Crippen LogP) is 0.976. The summed E-state index contributed by atoms with van der Waals surface area (Å²) >= 11 is 0. The zero-order valence-corrected chi connectivity index (χ0v) is 18.1. The monoisotopic (exact) mass is 460 g/mol. The Bertz CT molecular complexity index is 1240. The van der Waals surface area contributed by atoms with Gasteiger partial charge in [0, 0.05) is 6.54 Å². The van der Waals surface area contributed by atoms with Crippen molar-refractivity contribution in [1.29, 1.82) is 0 Å². The van der Waals surface area contributed by atoms with Crippen molar-refractivity contribution in [3.8, 4) is 0 Å². The number of nitrogen functional groups attached to an aromatic ring is 1. The lowest BCUT2D eigenvalue weighted by molar-refractivity contribution is -0.122. The van der Waals surface area contributed by atoms with Gasteiger partial charge in [0.25, 0.3) is 0 Å². The molecule has 0 saturated carbocycles. The number of rotatable bonds is 6. The first-order valence-electron chi connectivity index (χ1n) is 10.9. The molecule has 2 aromatic heterocycles. The van der Waals surface area contributed by atoms with Crippen LogP contribution in [0.5, 0.6) is 0 Å². The summed E-state index contributed by atoms with van der Waals surface area (Å²) < 4.78 is 7.43. The van der Waals surface area contributed by atoms with E-state index in [4.69, 9.17) is 10.5 Å². The number of imidazole rings is 1. The normalized spacial score (nSPS) is 22.3. The van der Waals surface area contributed by atoms with Crippen LogP contribution in [0, 0.1) is 0 Å². The van der Waals surface area contributed by atoms with E-state index in [1.807, 2.05) is 60.7 Å². The second kappa shape index (κ2) is 9.18. The number of nitrogens with one attached hydrogen (secondary N) is 1. The van der Waals surface area contributed by atoms with Gasteiger partial charge in [-0.25, -0.2) is 15.0 Å². The highest BCUT2D eigenvalue weighted by Gasteiger charge is 2.44. The van der Waals surface area contributed by atoms with Crippen LogP contribution in [0.3, 0.4) is 0 Å². The molecule has 2 aromatic carbocycles. The number of aromatic nitrogens is 4. The number of carbonyl (C=O) groups excluding carboxylic acids is 1. The van der Waals surface area contributed by atoms with E-state index in [1.54, 1.807) is 0 Å². The Morgan fingerprint density at radius 3 is 2.29 bits per heavy atom. The molecule has 3 heterocycles. The van der Waals surface area contributed by atoms with Crippen LogP contribution in [0.1, 0.15) is 23.3 Å². The largest absolute Gasteiger partial charge is 0.387 e. The third-order valence-electron chi connectivity index (χ3n) is 6.00. The maximum Gasteiger partial charge on any atom is 0.232 e. The number of carbonyl (C=O) groups is 1. The smallest absolute Gasteiger partial charge is 0.232 e. The lowest BCUT2D eigenvalue weighted by atomic mass is 9.90. The summed E-state index contributed by atoms with van der Waals surface area (Å²) in [4.78, 5) is 25.5. The highest BCUT2D eigenvalue weighted by Crippen LogP contribution is 2.32. The fourth-order valence-electron chi connectivity index (χ4n) is 4.27. The Morgan fingerprint density at radius 1 is 1.00 bits per heavy atom. The molecule has 10 heteroatoms. The van der Waals surface area contributed by atoms with Crippen molar-refractivity contribution < 1.29 is 19.7 Å². The number of benzene rings is 2. The average Bonchev–Trinajstić information content (AvgIpc) is 3.41. The number of hydrogen-bond donors (Lipinski definition) is 4. The fourth-order valence-corrected chi connectivity index (χ4v) is 4.27. The summed E-state index contributed by atoms with van der Waals surface area (Å²) in [7, 11) is 0. The first-order valence-corrected chi connectivity index (χ1v) is 10.9. The van der Waals surface area contributed by atoms with Gasteiger partial charge in [-0.15, -0.1) is 0 Å². The van der Waals surface area contributed by atoms with Crippen LogP contribution in [0.25, 0.3) is 11.2 Å². The Labute approximate surface area is 195 Å². The molecule has 0 aliphatic carbocycles. The molecule has 4 atom stereocenters. The number of ether oxygens (including phenoxy) is 1. The Kier molecular flexibility index (Phi) is 5.93. The third-order valence-corrected chi connectivity index (χ3v) is 6.00. The number of amides is 1. The van der Waals surface area contributed by atoms with Crippen molar-refractivity contribution >= 4 is 22.9 Å². The lowest BCUT2D eigenvalue weighted by Gasteiger charge is -2.20. The van der Waals surface area contributed by atoms with Gasteiger partial charge in [0.1, 0.15) is 30.2 Å². The zero-order chi connectivity index (χ0) is 23.7. The van der Waals surface area contributed by atoms with Crippen LogP contribution < -0.4 is 11.1 Å². The average molecular weight is 460 g/mol. The summed E-state index contributed by atoms with van der Waals surface area (Å²) in [5.74, 6) is -0.563. The van der Waals surface area contributed by atoms with Gasteiger partial charge in [-0.3, -0.25) is 9.36 Å². The van der Waals surface area contributed by atoms with Gasteiger partial charge in [0.2, 0.25) is 5.91 Å². The predicted molar refractivity (Wildman–Crippen MR) is 123 cm³/mol. The Balaban J connectivity index is 1.33. The molecule has 1 aliphatic heterocycles. The van der Waals surface area contributed by atoms with Crippen LogP contribution in [0.15, 0.2) is 73.3 Å². The number of fused-ring (bicyclic) bond motifs is 1. The topological polar surface area (TPSA) is 148 Å². The summed E-state index contributed by atoms with van der Waals surface area (Å²) in [6.45, 7) is 0.00742. The SMILES string of the molecule is Nc1ncnc2c1ncn2C1OC(CNC(=O)C(c2ccccc2)c2ccccc2)C(O)C1O. The van der Waals surface area contributed by atoms with E-state index >= 15 is 0 Å². The number of nitrogens with two attached hydrogens (primary N) is 1. The van der Waals surface area contributed by atoms with Gasteiger partial charge >= 0.3 is 0 Å². The van der Waals surface area contributed by atoms with Gasteiger partial charge in [-0.05, 0) is 11.1 Å². The summed E-state index contributed by atoms with van der Waals surface area (Å²) in [6.07, 6.45) is -1.55. The highest BCUT2D eigenvalue weighted by molar-refractivity contribution is 5.87. The summed E-state index contributed by atoms with van der Waals surface area (Å²) in [5.41, 5.74) is 8.28. The Hall–Kier alpha value is -3.86. The van der Waals surface area contributed by atoms with E-state index in [2.05, 4.69) is 20.3 Å². The van der Waals surface area contributed by atoms with E-state index in [0.29, 0.717) is 11.2 Å². The molecule has 1 saturated heterocycles. The number of nitrogens with zero attached hydrogens (tertiary/aromatic N) is 4. The molecule has 4 unspecified atom stereocenters. The van der Waals surface area contributed by atoms with Crippen LogP contribution in [-0.2, 0) is 9.53 Å². The molecular formula is C24H24N6O4. The van der Waals surface area contributed by atoms with E-state index in [9.17, 15) is 15.0 Å². The van der Waals surface area contributed by atoms with Gasteiger partial charge < -0.3 is 26.0 Å². The quantitative estimate of drug-likeness (QED) is 0.333. The molecular weight excluding hydrogens is 436 g/mol. The molecule has 0 spiro atoms. The molecule has 5 rings (SSSR count). The number of aliphatic hydroxyl groups excluding tert-OH is 2. The summed E-state index contributed by atoms with van der Waals surface area (Å²) in [5, 5.41) is 24.1. The van der Waals surface area contributed by atoms with Gasteiger partial charge in [-0.1, -0.05) is 60.7 Å². The zero-order valence-electron chi connectivity index (χ0n) is 18.1. The molecule has 1 amide bonds. The van der Waals surface area contributed by atoms with E-state index in [-0.39, 0.29) is 18.3 Å². The van der Waals surface area contributed by atoms with Gasteiger partial charge in [-0.2, -0.15) is 0 Å². The minimum absolute atomic E-state index is 0.00742. The first kappa shape index (κ1) is 22.0. The fraction of sp³-hybridized carbons (Fsp3) is 0.250. The molecule has 174 valence electrons. The molecule has 1 aliphatic rings. The lowest BCUT2D eigenvalue weighted by Crippen LogP contribution is -2.41. The standard InChI is InChI=1S/C24H24N6O4/c25-21-18-22(28-12-27-21)30(13-29-18)24-20(32)19(31)16(34-24)11-26-23(33)17(14-7-3-1-4-8-14)15-9-5-2-6-10-15/h1-10,12-13,16-17,19-20,24,31-32H,11H2,(H,26,33)(H2,25,27,28). The van der Waals surface area contributed by atoms with E-state index < -0.39 is 30.5 Å². The van der Waals surface area contributed by atoms with Crippen LogP contribution in [0.2, 0.25) is 0 Å². The van der Waals surface area contributed by atoms with E-state index in [0.717, 1.165) is 11.1 Å². The van der Waals surface area contributed by atoms with Crippen molar-refractivity contribution in [1.82, 2.24) is 24.8 Å².